The number of H-pyrrole nitrogens is 1. The lowest BCUT2D eigenvalue weighted by Crippen LogP contribution is -2.43. The molecule has 5 atom stereocenters. The highest BCUT2D eigenvalue weighted by Gasteiger charge is 2.38. The van der Waals surface area contributed by atoms with Gasteiger partial charge in [-0.25, -0.2) is 9.13 Å². The normalized spacial score (nSPS) is 18.0. The minimum absolute atomic E-state index is 0.0728. The van der Waals surface area contributed by atoms with Crippen molar-refractivity contribution in [2.24, 2.45) is 5.73 Å². The molecular formula is C38H48N4O14P2. The predicted octanol–water partition coefficient (Wildman–Crippen LogP) is 3.27. The summed E-state index contributed by atoms with van der Waals surface area (Å²) in [6, 6.07) is 22.0. The Morgan fingerprint density at radius 2 is 1.40 bits per heavy atom. The lowest BCUT2D eigenvalue weighted by Gasteiger charge is -2.22. The van der Waals surface area contributed by atoms with Crippen LogP contribution in [0.2, 0.25) is 0 Å². The number of hydrogen-bond acceptors (Lipinski definition) is 13. The number of ether oxygens (including phenoxy) is 3. The first-order valence-electron chi connectivity index (χ1n) is 18.5. The van der Waals surface area contributed by atoms with Crippen LogP contribution in [0.25, 0.3) is 10.9 Å². The molecule has 1 aliphatic heterocycles. The monoisotopic (exact) mass is 846 g/mol. The van der Waals surface area contributed by atoms with Crippen molar-refractivity contribution in [2.45, 2.75) is 31.1 Å². The van der Waals surface area contributed by atoms with Crippen molar-refractivity contribution in [1.82, 2.24) is 15.6 Å². The Morgan fingerprint density at radius 1 is 0.776 bits per heavy atom. The maximum Gasteiger partial charge on any atom is 0.472 e. The number of aromatic nitrogens is 1. The number of ketones is 1. The van der Waals surface area contributed by atoms with Crippen LogP contribution in [0.1, 0.15) is 38.3 Å². The molecule has 1 saturated heterocycles. The Kier molecular flexibility index (Phi) is 17.3. The fourth-order valence-electron chi connectivity index (χ4n) is 5.81. The van der Waals surface area contributed by atoms with Crippen molar-refractivity contribution < 1.29 is 65.6 Å². The maximum atomic E-state index is 12.5. The van der Waals surface area contributed by atoms with E-state index >= 15 is 0 Å². The summed E-state index contributed by atoms with van der Waals surface area (Å²) in [7, 11) is -9.12. The van der Waals surface area contributed by atoms with Crippen LogP contribution < -0.4 is 16.4 Å². The van der Waals surface area contributed by atoms with Crippen molar-refractivity contribution in [2.75, 3.05) is 65.9 Å². The van der Waals surface area contributed by atoms with E-state index in [4.69, 9.17) is 38.0 Å². The summed E-state index contributed by atoms with van der Waals surface area (Å²) in [5.74, 6) is -0.860. The average Bonchev–Trinajstić information content (AvgIpc) is 3.85. The number of carbonyl (C=O) groups excluding carboxylic acids is 3. The number of fused-ring (bicyclic) bond motifs is 1. The molecule has 2 amide bonds. The van der Waals surface area contributed by atoms with E-state index < -0.39 is 40.5 Å². The summed E-state index contributed by atoms with van der Waals surface area (Å²) in [4.78, 5) is 60.8. The van der Waals surface area contributed by atoms with Gasteiger partial charge < -0.3 is 45.3 Å². The Bertz CT molecular complexity index is 2030. The zero-order chi connectivity index (χ0) is 41.4. The van der Waals surface area contributed by atoms with Crippen molar-refractivity contribution in [3.8, 4) is 0 Å². The number of phosphoric ester groups is 2. The number of nitrogens with two attached hydrogens (primary N) is 1. The Hall–Kier alpha value is -4.13. The van der Waals surface area contributed by atoms with Crippen LogP contribution in [0.3, 0.4) is 0 Å². The highest BCUT2D eigenvalue weighted by molar-refractivity contribution is 7.47. The van der Waals surface area contributed by atoms with E-state index in [2.05, 4.69) is 15.6 Å². The summed E-state index contributed by atoms with van der Waals surface area (Å²) >= 11 is 0. The SMILES string of the molecule is N[C@@H](Cc1c[nH]c2ccccc12)C(=O)NCCOCCOP(=O)(O)O[C@H]1CCO[C@@H]1COP(=O)(O)OCCOCCNC(=O)c1ccc(C(=O)c2ccccc2)cc1. The van der Waals surface area contributed by atoms with Crippen LogP contribution in [0, 0.1) is 0 Å². The number of benzene rings is 3. The fraction of sp³-hybridized carbons (Fsp3) is 0.395. The highest BCUT2D eigenvalue weighted by Crippen LogP contribution is 2.48. The second-order valence-electron chi connectivity index (χ2n) is 13.0. The molecule has 4 aromatic rings. The molecule has 1 fully saturated rings. The molecule has 20 heteroatoms. The van der Waals surface area contributed by atoms with Crippen LogP contribution in [-0.2, 0) is 52.7 Å². The fourth-order valence-corrected chi connectivity index (χ4v) is 7.48. The molecule has 3 aromatic carbocycles. The largest absolute Gasteiger partial charge is 0.472 e. The minimum Gasteiger partial charge on any atom is -0.377 e. The van der Waals surface area contributed by atoms with Crippen LogP contribution in [0.4, 0.5) is 0 Å². The van der Waals surface area contributed by atoms with Crippen LogP contribution >= 0.6 is 15.6 Å². The number of nitrogens with one attached hydrogen (secondary N) is 3. The molecule has 0 radical (unpaired) electrons. The number of para-hydroxylation sites is 1. The summed E-state index contributed by atoms with van der Waals surface area (Å²) in [6.07, 6.45) is 0.437. The first-order valence-corrected chi connectivity index (χ1v) is 21.5. The molecule has 5 rings (SSSR count). The number of carbonyl (C=O) groups is 3. The molecule has 1 aliphatic rings. The maximum absolute atomic E-state index is 12.5. The Balaban J connectivity index is 0.881. The number of amides is 2. The molecule has 0 aliphatic carbocycles. The number of aromatic amines is 1. The number of rotatable bonds is 25. The standard InChI is InChI=1S/C38H48N4O14P2/c39-32(24-30-25-42-33-9-5-4-8-31(30)33)38(45)41-16-19-51-21-23-54-58(48,49)56-34-14-17-52-35(34)26-55-57(46,47)53-22-20-50-18-15-40-37(44)29-12-10-28(11-13-29)36(43)27-6-2-1-3-7-27/h1-13,25,32,34-35,42H,14-24,26,39H2,(H,40,44)(H,41,45)(H,46,47)(H,48,49)/t32-,34-,35+/m0/s1. The van der Waals surface area contributed by atoms with Gasteiger partial charge in [-0.05, 0) is 30.2 Å². The third-order valence-electron chi connectivity index (χ3n) is 8.76. The van der Waals surface area contributed by atoms with Gasteiger partial charge in [0.2, 0.25) is 5.91 Å². The molecule has 314 valence electrons. The van der Waals surface area contributed by atoms with Gasteiger partial charge in [0.15, 0.2) is 5.78 Å². The second-order valence-corrected chi connectivity index (χ2v) is 15.8. The van der Waals surface area contributed by atoms with Crippen LogP contribution in [-0.4, -0.2) is 117 Å². The van der Waals surface area contributed by atoms with E-state index in [1.165, 1.54) is 0 Å². The van der Waals surface area contributed by atoms with Crippen molar-refractivity contribution in [3.63, 3.8) is 0 Å². The third kappa shape index (κ3) is 14.3. The summed E-state index contributed by atoms with van der Waals surface area (Å²) in [5.41, 5.74) is 9.33. The number of hydrogen-bond donors (Lipinski definition) is 6. The lowest BCUT2D eigenvalue weighted by molar-refractivity contribution is -0.122. The van der Waals surface area contributed by atoms with Gasteiger partial charge in [-0.1, -0.05) is 60.7 Å². The van der Waals surface area contributed by atoms with E-state index in [-0.39, 0.29) is 83.4 Å². The van der Waals surface area contributed by atoms with E-state index in [1.54, 1.807) is 48.5 Å². The quantitative estimate of drug-likeness (QED) is 0.0318. The predicted molar refractivity (Wildman–Crippen MR) is 210 cm³/mol. The first-order chi connectivity index (χ1) is 27.9. The second kappa shape index (κ2) is 22.3. The van der Waals surface area contributed by atoms with Crippen molar-refractivity contribution in [3.05, 3.63) is 107 Å². The molecule has 2 heterocycles. The summed E-state index contributed by atoms with van der Waals surface area (Å²) in [6.45, 7) is -0.605. The van der Waals surface area contributed by atoms with Crippen LogP contribution in [0.5, 0.6) is 0 Å². The Labute approximate surface area is 334 Å². The van der Waals surface area contributed by atoms with Gasteiger partial charge in [-0.15, -0.1) is 0 Å². The molecule has 58 heavy (non-hydrogen) atoms. The zero-order valence-corrected chi connectivity index (χ0v) is 33.4. The van der Waals surface area contributed by atoms with Gasteiger partial charge >= 0.3 is 15.6 Å². The van der Waals surface area contributed by atoms with Gasteiger partial charge in [0.25, 0.3) is 5.91 Å². The van der Waals surface area contributed by atoms with Gasteiger partial charge in [0, 0.05) is 59.9 Å². The van der Waals surface area contributed by atoms with Gasteiger partial charge in [0.1, 0.15) is 12.2 Å². The zero-order valence-electron chi connectivity index (χ0n) is 31.6. The van der Waals surface area contributed by atoms with Crippen LogP contribution in [0.15, 0.2) is 85.1 Å². The van der Waals surface area contributed by atoms with Gasteiger partial charge in [0.05, 0.1) is 52.3 Å². The Morgan fingerprint density at radius 3 is 2.12 bits per heavy atom. The third-order valence-corrected chi connectivity index (χ3v) is 10.8. The van der Waals surface area contributed by atoms with Crippen molar-refractivity contribution >= 4 is 44.1 Å². The van der Waals surface area contributed by atoms with Crippen molar-refractivity contribution in [1.29, 1.82) is 0 Å². The molecule has 2 unspecified atom stereocenters. The smallest absolute Gasteiger partial charge is 0.377 e. The van der Waals surface area contributed by atoms with E-state index in [0.717, 1.165) is 16.5 Å². The molecule has 0 saturated carbocycles. The van der Waals surface area contributed by atoms with Gasteiger partial charge in [-0.3, -0.25) is 32.5 Å². The van der Waals surface area contributed by atoms with E-state index in [0.29, 0.717) is 23.1 Å². The average molecular weight is 847 g/mol. The van der Waals surface area contributed by atoms with Gasteiger partial charge in [-0.2, -0.15) is 0 Å². The molecular weight excluding hydrogens is 798 g/mol. The highest BCUT2D eigenvalue weighted by atomic mass is 31.2. The molecule has 1 aromatic heterocycles. The van der Waals surface area contributed by atoms with E-state index in [1.807, 2.05) is 36.5 Å². The molecule has 0 spiro atoms. The first kappa shape index (κ1) is 45.0. The summed E-state index contributed by atoms with van der Waals surface area (Å²) < 4.78 is 61.2. The molecule has 18 nitrogen and oxygen atoms in total. The minimum atomic E-state index is -4.57. The molecule has 7 N–H and O–H groups in total. The number of phosphoric acid groups is 2. The lowest BCUT2D eigenvalue weighted by atomic mass is 10.0. The van der Waals surface area contributed by atoms with E-state index in [9.17, 15) is 33.3 Å². The molecule has 0 bridgehead atoms. The topological polar surface area (TPSA) is 256 Å². The summed E-state index contributed by atoms with van der Waals surface area (Å²) in [5, 5.41) is 6.38.